The summed E-state index contributed by atoms with van der Waals surface area (Å²) in [5, 5.41) is 8.32. The SMILES string of the molecule is COc1cc(C(=O)CCC(=O)c2cccc(-c3csc4c(F)cccc34)n2)ccc1OC1CN(C(=O)OC(C)(C)C)C1.COc1cc(C(=O)CCC(=O)c2cccc(-c3csc4c(F)cccc34)n2)ccc1OC1CNC1. The standard InChI is InChI=1S/C32H31FN2O6S.C27H23FN2O4S/c1-32(2,3)41-31(38)35-16-20(17-35)40-28-14-11-19(15-29(28)39-4)26(36)12-13-27(37)25-10-6-9-24(34-25)22-18-42-30-21(22)7-5-8-23(30)33;1-33-26-12-16(8-11-25(26)34-17-13-29-14-17)23(31)9-10-24(32)22-7-3-6-21(30-22)19-15-35-27-18(19)4-2-5-20(27)28/h5-11,14-15,18,20H,12-13,16-17H2,1-4H3;2-8,11-12,15,17,29H,9-10,13-14H2,1H3. The lowest BCUT2D eigenvalue weighted by atomic mass is 10.0. The van der Waals surface area contributed by atoms with E-state index in [0.717, 1.165) is 35.0 Å². The Morgan fingerprint density at radius 2 is 1.03 bits per heavy atom. The van der Waals surface area contributed by atoms with Crippen molar-refractivity contribution in [1.82, 2.24) is 20.2 Å². The second-order valence-electron chi connectivity index (χ2n) is 19.3. The highest BCUT2D eigenvalue weighted by molar-refractivity contribution is 7.18. The van der Waals surface area contributed by atoms with Gasteiger partial charge in [0.1, 0.15) is 40.8 Å². The fourth-order valence-electron chi connectivity index (χ4n) is 8.49. The number of pyridine rings is 2. The van der Waals surface area contributed by atoms with Gasteiger partial charge in [-0.1, -0.05) is 36.4 Å². The Morgan fingerprint density at radius 3 is 1.45 bits per heavy atom. The molecule has 2 fully saturated rings. The molecular formula is C59H54F2N4O10S2. The van der Waals surface area contributed by atoms with Crippen molar-refractivity contribution in [3.05, 3.63) is 154 Å². The number of rotatable bonds is 18. The fraction of sp³-hybridized carbons (Fsp3) is 0.271. The van der Waals surface area contributed by atoms with Crippen LogP contribution in [0.1, 0.15) is 88.1 Å². The molecule has 0 spiro atoms. The van der Waals surface area contributed by atoms with Crippen LogP contribution in [0.15, 0.2) is 120 Å². The summed E-state index contributed by atoms with van der Waals surface area (Å²) < 4.78 is 57.3. The number of carbonyl (C=O) groups is 5. The van der Waals surface area contributed by atoms with Gasteiger partial charge in [-0.25, -0.2) is 23.5 Å². The number of fused-ring (bicyclic) bond motifs is 2. The lowest BCUT2D eigenvalue weighted by Crippen LogP contribution is -2.57. The number of ether oxygens (including phenoxy) is 5. The summed E-state index contributed by atoms with van der Waals surface area (Å²) in [7, 11) is 3.01. The second-order valence-corrected chi connectivity index (χ2v) is 21.1. The summed E-state index contributed by atoms with van der Waals surface area (Å²) in [6.07, 6.45) is -0.457. The van der Waals surface area contributed by atoms with Gasteiger partial charge in [0.05, 0.1) is 48.1 Å². The minimum atomic E-state index is -0.568. The average Bonchev–Trinajstić information content (AvgIpc) is 4.08. The number of Topliss-reactive ketones (excluding diaryl/α,β-unsaturated/α-hetero) is 4. The van der Waals surface area contributed by atoms with Crippen LogP contribution in [0.25, 0.3) is 42.7 Å². The Bertz CT molecular complexity index is 3530. The van der Waals surface area contributed by atoms with E-state index in [1.807, 2.05) is 43.7 Å². The van der Waals surface area contributed by atoms with E-state index in [1.54, 1.807) is 89.8 Å². The third-order valence-electron chi connectivity index (χ3n) is 12.7. The van der Waals surface area contributed by atoms with Crippen molar-refractivity contribution < 1.29 is 56.4 Å². The molecule has 1 amide bonds. The minimum absolute atomic E-state index is 0.00579. The maximum absolute atomic E-state index is 14.1. The molecule has 2 saturated heterocycles. The molecule has 396 valence electrons. The molecule has 4 aromatic carbocycles. The summed E-state index contributed by atoms with van der Waals surface area (Å²) in [6, 6.07) is 30.1. The monoisotopic (exact) mass is 1080 g/mol. The zero-order valence-electron chi connectivity index (χ0n) is 42.9. The van der Waals surface area contributed by atoms with Gasteiger partial charge in [0, 0.05) is 82.6 Å². The molecule has 0 unspecified atom stereocenters. The highest BCUT2D eigenvalue weighted by atomic mass is 32.1. The number of aromatic nitrogens is 2. The largest absolute Gasteiger partial charge is 0.493 e. The summed E-state index contributed by atoms with van der Waals surface area (Å²) in [4.78, 5) is 74.2. The number of ketones is 4. The van der Waals surface area contributed by atoms with Crippen LogP contribution in [0.4, 0.5) is 13.6 Å². The lowest BCUT2D eigenvalue weighted by molar-refractivity contribution is -0.0226. The molecule has 0 saturated carbocycles. The number of hydrogen-bond donors (Lipinski definition) is 1. The Morgan fingerprint density at radius 1 is 0.584 bits per heavy atom. The number of amides is 1. The van der Waals surface area contributed by atoms with E-state index >= 15 is 0 Å². The topological polar surface area (TPSA) is 173 Å². The number of benzene rings is 4. The summed E-state index contributed by atoms with van der Waals surface area (Å²) in [5.74, 6) is 0.485. The van der Waals surface area contributed by atoms with Crippen molar-refractivity contribution in [1.29, 1.82) is 0 Å². The van der Waals surface area contributed by atoms with Crippen LogP contribution < -0.4 is 24.3 Å². The van der Waals surface area contributed by atoms with E-state index < -0.39 is 5.60 Å². The molecule has 0 radical (unpaired) electrons. The molecular weight excluding hydrogens is 1030 g/mol. The highest BCUT2D eigenvalue weighted by Gasteiger charge is 2.36. The number of methoxy groups -OCH3 is 2. The summed E-state index contributed by atoms with van der Waals surface area (Å²) >= 11 is 2.60. The Balaban J connectivity index is 0.000000191. The van der Waals surface area contributed by atoms with Crippen molar-refractivity contribution in [2.75, 3.05) is 40.4 Å². The molecule has 2 aliphatic rings. The van der Waals surface area contributed by atoms with Crippen molar-refractivity contribution in [3.63, 3.8) is 0 Å². The molecule has 0 atom stereocenters. The van der Waals surface area contributed by atoms with Gasteiger partial charge >= 0.3 is 6.09 Å². The molecule has 2 aliphatic heterocycles. The molecule has 4 aromatic heterocycles. The Labute approximate surface area is 450 Å². The van der Waals surface area contributed by atoms with Crippen LogP contribution in [-0.2, 0) is 4.74 Å². The maximum Gasteiger partial charge on any atom is 0.410 e. The molecule has 0 bridgehead atoms. The van der Waals surface area contributed by atoms with Crippen LogP contribution in [0.2, 0.25) is 0 Å². The molecule has 6 heterocycles. The zero-order valence-corrected chi connectivity index (χ0v) is 44.5. The van der Waals surface area contributed by atoms with E-state index in [9.17, 15) is 32.8 Å². The minimum Gasteiger partial charge on any atom is -0.493 e. The third-order valence-corrected chi connectivity index (χ3v) is 14.7. The predicted octanol–water partition coefficient (Wildman–Crippen LogP) is 12.3. The summed E-state index contributed by atoms with van der Waals surface area (Å²) in [5.41, 5.74) is 3.52. The molecule has 8 aromatic rings. The van der Waals surface area contributed by atoms with Gasteiger partial charge in [0.15, 0.2) is 46.1 Å². The number of halogens is 2. The van der Waals surface area contributed by atoms with E-state index in [4.69, 9.17) is 23.7 Å². The van der Waals surface area contributed by atoms with Gasteiger partial charge in [-0.2, -0.15) is 0 Å². The van der Waals surface area contributed by atoms with Gasteiger partial charge in [0.25, 0.3) is 0 Å². The highest BCUT2D eigenvalue weighted by Crippen LogP contribution is 2.37. The first kappa shape index (κ1) is 53.9. The van der Waals surface area contributed by atoms with Crippen molar-refractivity contribution >= 4 is 72.1 Å². The van der Waals surface area contributed by atoms with E-state index in [0.29, 0.717) is 68.0 Å². The first-order valence-electron chi connectivity index (χ1n) is 24.8. The molecule has 0 aliphatic carbocycles. The fourth-order valence-corrected chi connectivity index (χ4v) is 10.4. The van der Waals surface area contributed by atoms with Crippen LogP contribution in [-0.4, -0.2) is 102 Å². The van der Waals surface area contributed by atoms with E-state index in [2.05, 4.69) is 15.3 Å². The number of thiophene rings is 2. The zero-order chi connectivity index (χ0) is 54.4. The molecule has 14 nitrogen and oxygen atoms in total. The Kier molecular flexibility index (Phi) is 16.5. The number of hydrogen-bond acceptors (Lipinski definition) is 15. The maximum atomic E-state index is 14.1. The number of nitrogens with one attached hydrogen (secondary N) is 1. The third kappa shape index (κ3) is 12.7. The van der Waals surface area contributed by atoms with Gasteiger partial charge in [-0.3, -0.25) is 19.2 Å². The number of likely N-dealkylation sites (tertiary alicyclic amines) is 1. The summed E-state index contributed by atoms with van der Waals surface area (Å²) in [6.45, 7) is 7.77. The predicted molar refractivity (Wildman–Crippen MR) is 291 cm³/mol. The van der Waals surface area contributed by atoms with Gasteiger partial charge in [-0.05, 0) is 93.6 Å². The first-order valence-corrected chi connectivity index (χ1v) is 26.6. The van der Waals surface area contributed by atoms with Crippen molar-refractivity contribution in [2.45, 2.75) is 64.3 Å². The molecule has 1 N–H and O–H groups in total. The van der Waals surface area contributed by atoms with E-state index in [1.165, 1.54) is 49.0 Å². The van der Waals surface area contributed by atoms with Crippen LogP contribution in [0.3, 0.4) is 0 Å². The Hall–Kier alpha value is -7.93. The number of nitrogens with zero attached hydrogens (tertiary/aromatic N) is 3. The van der Waals surface area contributed by atoms with E-state index in [-0.39, 0.29) is 90.1 Å². The molecule has 18 heteroatoms. The average molecular weight is 1080 g/mol. The normalized spacial score (nSPS) is 13.5. The van der Waals surface area contributed by atoms with Gasteiger partial charge in [0.2, 0.25) is 0 Å². The molecule has 10 rings (SSSR count). The van der Waals surface area contributed by atoms with Crippen molar-refractivity contribution in [2.24, 2.45) is 0 Å². The van der Waals surface area contributed by atoms with Gasteiger partial charge < -0.3 is 33.9 Å². The number of carbonyl (C=O) groups excluding carboxylic acids is 5. The van der Waals surface area contributed by atoms with Crippen LogP contribution >= 0.6 is 22.7 Å². The van der Waals surface area contributed by atoms with Gasteiger partial charge in [-0.15, -0.1) is 22.7 Å². The molecule has 77 heavy (non-hydrogen) atoms. The second kappa shape index (κ2) is 23.5. The van der Waals surface area contributed by atoms with Crippen molar-refractivity contribution in [3.8, 4) is 45.5 Å². The lowest BCUT2D eigenvalue weighted by Gasteiger charge is -2.39. The van der Waals surface area contributed by atoms with Crippen LogP contribution in [0.5, 0.6) is 23.0 Å². The van der Waals surface area contributed by atoms with Crippen LogP contribution in [0, 0.1) is 11.6 Å². The smallest absolute Gasteiger partial charge is 0.410 e. The quantitative estimate of drug-likeness (QED) is 0.0805. The first-order chi connectivity index (χ1) is 37.0.